The Labute approximate surface area is 34.4 Å². The first-order valence-electron chi connectivity index (χ1n) is 0. The molecule has 0 rings (SSSR count). The van der Waals surface area contributed by atoms with Gasteiger partial charge < -0.3 is 16.4 Å². The fourth-order valence-corrected chi connectivity index (χ4v) is 0. The smallest absolute Gasteiger partial charge is 2.00 e. The molecule has 0 fully saturated rings. The molecule has 1 radical (unpaired) electrons. The maximum absolute atomic E-state index is 0. The molecule has 4 N–H and O–H groups in total. The average molecular weight is 116 g/mol. The molecule has 0 heterocycles. The Morgan fingerprint density at radius 2 is 0.750 bits per heavy atom. The second-order valence-corrected chi connectivity index (χ2v) is 0. The first kappa shape index (κ1) is 319. The molecule has 0 aromatic carbocycles. The number of hydrogen-bond acceptors (Lipinski definition) is 0. The van der Waals surface area contributed by atoms with Crippen LogP contribution in [-0.4, -0.2) is 11.0 Å². The van der Waals surface area contributed by atoms with E-state index < -0.39 is 0 Å². The van der Waals surface area contributed by atoms with Crippen LogP contribution >= 0.6 is 0 Å². The SMILES string of the molecule is O.O.[Cu+2].[O-2]. The van der Waals surface area contributed by atoms with Gasteiger partial charge in [-0.3, -0.25) is 0 Å². The minimum absolute atomic E-state index is 0. The van der Waals surface area contributed by atoms with Gasteiger partial charge in [-0.2, -0.15) is 0 Å². The van der Waals surface area contributed by atoms with Crippen molar-refractivity contribution in [2.45, 2.75) is 0 Å². The van der Waals surface area contributed by atoms with Gasteiger partial charge in [0.1, 0.15) is 0 Å². The van der Waals surface area contributed by atoms with Crippen LogP contribution in [0.1, 0.15) is 0 Å². The van der Waals surface area contributed by atoms with Crippen LogP contribution in [0.15, 0.2) is 0 Å². The summed E-state index contributed by atoms with van der Waals surface area (Å²) in [6.07, 6.45) is 0. The van der Waals surface area contributed by atoms with E-state index in [1.165, 1.54) is 0 Å². The molecule has 33 valence electrons. The van der Waals surface area contributed by atoms with Crippen molar-refractivity contribution in [3.8, 4) is 0 Å². The Kier molecular flexibility index (Phi) is 9770. The van der Waals surface area contributed by atoms with Crippen LogP contribution in [0.5, 0.6) is 0 Å². The molecule has 0 bridgehead atoms. The van der Waals surface area contributed by atoms with Gasteiger partial charge in [0.25, 0.3) is 0 Å². The Bertz CT molecular complexity index is 3.25. The van der Waals surface area contributed by atoms with Gasteiger partial charge in [-0.05, 0) is 0 Å². The summed E-state index contributed by atoms with van der Waals surface area (Å²) in [5.41, 5.74) is 0. The van der Waals surface area contributed by atoms with Gasteiger partial charge in [0.2, 0.25) is 0 Å². The molecule has 0 aliphatic carbocycles. The van der Waals surface area contributed by atoms with Crippen LogP contribution < -0.4 is 0 Å². The van der Waals surface area contributed by atoms with Gasteiger partial charge >= 0.3 is 17.1 Å². The zero-order valence-electron chi connectivity index (χ0n) is 1.71. The van der Waals surface area contributed by atoms with Crippen LogP contribution in [0.4, 0.5) is 0 Å². The Balaban J connectivity index is 0. The minimum atomic E-state index is 0. The molecule has 0 aromatic rings. The van der Waals surface area contributed by atoms with Gasteiger partial charge in [0, 0.05) is 0 Å². The molecule has 0 aliphatic heterocycles. The summed E-state index contributed by atoms with van der Waals surface area (Å²) in [4.78, 5) is 0. The van der Waals surface area contributed by atoms with E-state index in [0.29, 0.717) is 0 Å². The molecule has 0 unspecified atom stereocenters. The zero-order valence-corrected chi connectivity index (χ0v) is 2.65. The normalized spacial score (nSPS) is 0. The molecule has 0 spiro atoms. The summed E-state index contributed by atoms with van der Waals surface area (Å²) in [6.45, 7) is 0. The van der Waals surface area contributed by atoms with Crippen molar-refractivity contribution in [1.82, 2.24) is 0 Å². The molecular formula is H4CuO3. The van der Waals surface area contributed by atoms with Crippen LogP contribution in [0.25, 0.3) is 0 Å². The Morgan fingerprint density at radius 3 is 0.750 bits per heavy atom. The minimum Gasteiger partial charge on any atom is -2.00 e. The van der Waals surface area contributed by atoms with Gasteiger partial charge in [-0.15, -0.1) is 0 Å². The fraction of sp³-hybridized carbons (Fsp3) is 0. The molecule has 4 heteroatoms. The summed E-state index contributed by atoms with van der Waals surface area (Å²) in [7, 11) is 0. The molecule has 4 heavy (non-hydrogen) atoms. The molecule has 0 saturated carbocycles. The fourth-order valence-electron chi connectivity index (χ4n) is 0. The second kappa shape index (κ2) is 123. The summed E-state index contributed by atoms with van der Waals surface area (Å²) in [5, 5.41) is 0. The van der Waals surface area contributed by atoms with Crippen LogP contribution in [0.2, 0.25) is 0 Å². The molecule has 0 atom stereocenters. The molecular weight excluding hydrogens is 112 g/mol. The maximum atomic E-state index is 0. The third-order valence-electron chi connectivity index (χ3n) is 0. The first-order chi connectivity index (χ1) is 0. The standard InChI is InChI=1S/Cu.2H2O.O/h;2*1H2;/q+2;;;-2. The monoisotopic (exact) mass is 115 g/mol. The number of rotatable bonds is 0. The van der Waals surface area contributed by atoms with E-state index in [2.05, 4.69) is 0 Å². The van der Waals surface area contributed by atoms with E-state index in [1.54, 1.807) is 0 Å². The van der Waals surface area contributed by atoms with Crippen molar-refractivity contribution in [3.63, 3.8) is 0 Å². The van der Waals surface area contributed by atoms with Gasteiger partial charge in [-0.25, -0.2) is 0 Å². The molecule has 3 nitrogen and oxygen atoms in total. The van der Waals surface area contributed by atoms with E-state index in [9.17, 15) is 0 Å². The van der Waals surface area contributed by atoms with Gasteiger partial charge in [-0.1, -0.05) is 0 Å². The summed E-state index contributed by atoms with van der Waals surface area (Å²) >= 11 is 0. The predicted molar refractivity (Wildman–Crippen MR) is 7.91 cm³/mol. The van der Waals surface area contributed by atoms with Crippen LogP contribution in [-0.2, 0) is 22.5 Å². The van der Waals surface area contributed by atoms with Gasteiger partial charge in [0.05, 0.1) is 0 Å². The second-order valence-electron chi connectivity index (χ2n) is 0. The van der Waals surface area contributed by atoms with Crippen molar-refractivity contribution in [2.75, 3.05) is 0 Å². The third kappa shape index (κ3) is 29.4. The Morgan fingerprint density at radius 1 is 0.750 bits per heavy atom. The molecule has 0 aromatic heterocycles. The average Bonchev–Trinajstić information content (AvgIpc) is 0. The quantitative estimate of drug-likeness (QED) is 0.334. The van der Waals surface area contributed by atoms with Crippen molar-refractivity contribution in [2.24, 2.45) is 0 Å². The van der Waals surface area contributed by atoms with Crippen LogP contribution in [0.3, 0.4) is 0 Å². The molecule has 0 amide bonds. The zero-order chi connectivity index (χ0) is 0. The van der Waals surface area contributed by atoms with E-state index >= 15 is 0 Å². The van der Waals surface area contributed by atoms with Crippen molar-refractivity contribution >= 4 is 0 Å². The number of hydrogen-bond donors (Lipinski definition) is 0. The summed E-state index contributed by atoms with van der Waals surface area (Å²) in [6, 6.07) is 0. The summed E-state index contributed by atoms with van der Waals surface area (Å²) < 4.78 is 0. The topological polar surface area (TPSA) is 91.5 Å². The predicted octanol–water partition coefficient (Wildman–Crippen LogP) is -1.77. The van der Waals surface area contributed by atoms with Crippen molar-refractivity contribution in [3.05, 3.63) is 0 Å². The molecule has 0 aliphatic rings. The van der Waals surface area contributed by atoms with E-state index in [-0.39, 0.29) is 33.5 Å². The third-order valence-corrected chi connectivity index (χ3v) is 0. The van der Waals surface area contributed by atoms with Crippen LogP contribution in [0, 0.1) is 0 Å². The Hall–Kier alpha value is 0.399. The van der Waals surface area contributed by atoms with Crippen molar-refractivity contribution < 1.29 is 33.5 Å². The summed E-state index contributed by atoms with van der Waals surface area (Å²) in [5.74, 6) is 0. The van der Waals surface area contributed by atoms with E-state index in [0.717, 1.165) is 0 Å². The molecule has 0 saturated heterocycles. The first-order valence-corrected chi connectivity index (χ1v) is 0. The largest absolute Gasteiger partial charge is 2.00 e. The van der Waals surface area contributed by atoms with E-state index in [4.69, 9.17) is 0 Å². The van der Waals surface area contributed by atoms with Crippen molar-refractivity contribution in [1.29, 1.82) is 0 Å². The van der Waals surface area contributed by atoms with Gasteiger partial charge in [0.15, 0.2) is 0 Å². The van der Waals surface area contributed by atoms with E-state index in [1.807, 2.05) is 0 Å². The maximum Gasteiger partial charge on any atom is 2.00 e.